The van der Waals surface area contributed by atoms with Gasteiger partial charge in [0.1, 0.15) is 12.6 Å². The van der Waals surface area contributed by atoms with Crippen molar-refractivity contribution in [3.8, 4) is 11.1 Å². The highest BCUT2D eigenvalue weighted by molar-refractivity contribution is 5.85. The monoisotopic (exact) mass is 436 g/mol. The number of benzene rings is 2. The lowest BCUT2D eigenvalue weighted by atomic mass is 9.98. The van der Waals surface area contributed by atoms with Gasteiger partial charge in [0.2, 0.25) is 5.91 Å². The van der Waals surface area contributed by atoms with E-state index in [0.717, 1.165) is 24.0 Å². The number of carbonyl (C=O) groups excluding carboxylic acids is 2. The zero-order valence-corrected chi connectivity index (χ0v) is 18.0. The number of ether oxygens (including phenoxy) is 1. The van der Waals surface area contributed by atoms with Crippen LogP contribution in [0, 0.1) is 11.8 Å². The number of rotatable bonds is 9. The predicted molar refractivity (Wildman–Crippen MR) is 119 cm³/mol. The van der Waals surface area contributed by atoms with Gasteiger partial charge in [-0.05, 0) is 47.4 Å². The summed E-state index contributed by atoms with van der Waals surface area (Å²) in [4.78, 5) is 35.8. The minimum absolute atomic E-state index is 0.00627. The summed E-state index contributed by atoms with van der Waals surface area (Å²) in [5, 5.41) is 14.6. The number of nitrogens with one attached hydrogen (secondary N) is 2. The van der Waals surface area contributed by atoms with Crippen LogP contribution in [-0.4, -0.2) is 42.3 Å². The Labute approximate surface area is 187 Å². The standard InChI is InChI=1S/C25H28N2O5/c1-15(23(28)27-22(24(29)30)16-10-11-16)12-13-26-25(31)32-14-21-19-8-4-2-6-17(19)18-7-3-5-9-20(18)21/h2-9,15-16,21-22H,10-14H2,1H3,(H,26,31)(H,27,28)(H,29,30). The molecule has 168 valence electrons. The second-order valence-corrected chi connectivity index (χ2v) is 8.60. The van der Waals surface area contributed by atoms with E-state index in [1.54, 1.807) is 6.92 Å². The number of carboxylic acids is 1. The van der Waals surface area contributed by atoms with Crippen molar-refractivity contribution in [1.82, 2.24) is 10.6 Å². The SMILES string of the molecule is CC(CCNC(=O)OCC1c2ccccc2-c2ccccc21)C(=O)NC(C(=O)O)C1CC1. The lowest BCUT2D eigenvalue weighted by molar-refractivity contribution is -0.143. The minimum Gasteiger partial charge on any atom is -0.480 e. The van der Waals surface area contributed by atoms with Gasteiger partial charge in [-0.25, -0.2) is 9.59 Å². The summed E-state index contributed by atoms with van der Waals surface area (Å²) < 4.78 is 5.49. The molecule has 2 amide bonds. The molecule has 7 heteroatoms. The molecule has 2 aromatic rings. The average molecular weight is 437 g/mol. The molecule has 2 aliphatic carbocycles. The fraction of sp³-hybridized carbons (Fsp3) is 0.400. The molecule has 7 nitrogen and oxygen atoms in total. The maximum atomic E-state index is 12.3. The largest absolute Gasteiger partial charge is 0.480 e. The van der Waals surface area contributed by atoms with Crippen molar-refractivity contribution >= 4 is 18.0 Å². The van der Waals surface area contributed by atoms with E-state index in [1.165, 1.54) is 11.1 Å². The van der Waals surface area contributed by atoms with Crippen molar-refractivity contribution in [3.63, 3.8) is 0 Å². The van der Waals surface area contributed by atoms with Crippen LogP contribution in [0.2, 0.25) is 0 Å². The Kier molecular flexibility index (Phi) is 6.44. The molecule has 0 radical (unpaired) electrons. The fourth-order valence-electron chi connectivity index (χ4n) is 4.28. The van der Waals surface area contributed by atoms with E-state index < -0.39 is 24.0 Å². The van der Waals surface area contributed by atoms with E-state index in [-0.39, 0.29) is 30.9 Å². The molecule has 3 N–H and O–H groups in total. The second kappa shape index (κ2) is 9.42. The van der Waals surface area contributed by atoms with Crippen LogP contribution in [0.5, 0.6) is 0 Å². The van der Waals surface area contributed by atoms with Crippen LogP contribution in [0.25, 0.3) is 11.1 Å². The summed E-state index contributed by atoms with van der Waals surface area (Å²) in [6.07, 6.45) is 1.53. The second-order valence-electron chi connectivity index (χ2n) is 8.60. The maximum absolute atomic E-state index is 12.3. The van der Waals surface area contributed by atoms with Crippen LogP contribution in [0.1, 0.15) is 43.2 Å². The molecule has 0 spiro atoms. The number of aliphatic carboxylic acids is 1. The average Bonchev–Trinajstić information content (AvgIpc) is 3.58. The van der Waals surface area contributed by atoms with Crippen molar-refractivity contribution < 1.29 is 24.2 Å². The van der Waals surface area contributed by atoms with Gasteiger partial charge in [0.25, 0.3) is 0 Å². The molecule has 2 unspecified atom stereocenters. The zero-order valence-electron chi connectivity index (χ0n) is 18.0. The van der Waals surface area contributed by atoms with E-state index >= 15 is 0 Å². The molecule has 0 aromatic heterocycles. The summed E-state index contributed by atoms with van der Waals surface area (Å²) >= 11 is 0. The number of fused-ring (bicyclic) bond motifs is 3. The molecule has 1 fully saturated rings. The molecule has 0 bridgehead atoms. The smallest absolute Gasteiger partial charge is 0.407 e. The molecule has 0 aliphatic heterocycles. The van der Waals surface area contributed by atoms with Gasteiger partial charge in [0.05, 0.1) is 0 Å². The highest BCUT2D eigenvalue weighted by Crippen LogP contribution is 2.44. The zero-order chi connectivity index (χ0) is 22.7. The predicted octanol–water partition coefficient (Wildman–Crippen LogP) is 3.53. The molecule has 2 atom stereocenters. The van der Waals surface area contributed by atoms with E-state index in [0.29, 0.717) is 6.42 Å². The van der Waals surface area contributed by atoms with Crippen molar-refractivity contribution in [2.24, 2.45) is 11.8 Å². The van der Waals surface area contributed by atoms with Gasteiger partial charge in [0, 0.05) is 18.4 Å². The first-order chi connectivity index (χ1) is 15.5. The number of amides is 2. The summed E-state index contributed by atoms with van der Waals surface area (Å²) in [5.41, 5.74) is 4.64. The summed E-state index contributed by atoms with van der Waals surface area (Å²) in [6.45, 7) is 2.23. The van der Waals surface area contributed by atoms with E-state index in [4.69, 9.17) is 4.74 Å². The van der Waals surface area contributed by atoms with Crippen molar-refractivity contribution in [2.45, 2.75) is 38.1 Å². The lowest BCUT2D eigenvalue weighted by Crippen LogP contribution is -2.45. The molecule has 0 heterocycles. The molecule has 0 saturated heterocycles. The fourth-order valence-corrected chi connectivity index (χ4v) is 4.28. The van der Waals surface area contributed by atoms with Gasteiger partial charge in [0.15, 0.2) is 0 Å². The topological polar surface area (TPSA) is 105 Å². The summed E-state index contributed by atoms with van der Waals surface area (Å²) in [6, 6.07) is 15.5. The third kappa shape index (κ3) is 4.77. The number of alkyl carbamates (subject to hydrolysis) is 1. The highest BCUT2D eigenvalue weighted by Gasteiger charge is 2.37. The van der Waals surface area contributed by atoms with Gasteiger partial charge >= 0.3 is 12.1 Å². The molecule has 2 aliphatic rings. The van der Waals surface area contributed by atoms with Gasteiger partial charge in [-0.2, -0.15) is 0 Å². The van der Waals surface area contributed by atoms with E-state index in [1.807, 2.05) is 24.3 Å². The maximum Gasteiger partial charge on any atom is 0.407 e. The molecule has 32 heavy (non-hydrogen) atoms. The quantitative estimate of drug-likeness (QED) is 0.558. The van der Waals surface area contributed by atoms with Crippen molar-refractivity contribution in [2.75, 3.05) is 13.2 Å². The van der Waals surface area contributed by atoms with E-state index in [9.17, 15) is 19.5 Å². The Bertz CT molecular complexity index is 971. The Morgan fingerprint density at radius 1 is 1.03 bits per heavy atom. The van der Waals surface area contributed by atoms with Crippen LogP contribution < -0.4 is 10.6 Å². The van der Waals surface area contributed by atoms with Gasteiger partial charge < -0.3 is 20.5 Å². The van der Waals surface area contributed by atoms with Crippen LogP contribution in [0.4, 0.5) is 4.79 Å². The van der Waals surface area contributed by atoms with Gasteiger partial charge in [-0.1, -0.05) is 55.5 Å². The van der Waals surface area contributed by atoms with E-state index in [2.05, 4.69) is 34.9 Å². The lowest BCUT2D eigenvalue weighted by Gasteiger charge is -2.18. The van der Waals surface area contributed by atoms with Crippen LogP contribution in [0.15, 0.2) is 48.5 Å². The first kappa shape index (κ1) is 21.9. The Hall–Kier alpha value is -3.35. The first-order valence-electron chi connectivity index (χ1n) is 11.1. The third-order valence-electron chi connectivity index (χ3n) is 6.30. The Morgan fingerprint density at radius 3 is 2.19 bits per heavy atom. The number of carbonyl (C=O) groups is 3. The Morgan fingerprint density at radius 2 is 1.62 bits per heavy atom. The van der Waals surface area contributed by atoms with Gasteiger partial charge in [-0.15, -0.1) is 0 Å². The van der Waals surface area contributed by atoms with Gasteiger partial charge in [-0.3, -0.25) is 4.79 Å². The molecule has 2 aromatic carbocycles. The van der Waals surface area contributed by atoms with Crippen molar-refractivity contribution in [3.05, 3.63) is 59.7 Å². The molecule has 1 saturated carbocycles. The minimum atomic E-state index is -0.996. The molecular weight excluding hydrogens is 408 g/mol. The van der Waals surface area contributed by atoms with Crippen molar-refractivity contribution in [1.29, 1.82) is 0 Å². The molecule has 4 rings (SSSR count). The van der Waals surface area contributed by atoms with Crippen LogP contribution >= 0.6 is 0 Å². The number of hydrogen-bond acceptors (Lipinski definition) is 4. The Balaban J connectivity index is 1.24. The highest BCUT2D eigenvalue weighted by atomic mass is 16.5. The number of hydrogen-bond donors (Lipinski definition) is 3. The summed E-state index contributed by atoms with van der Waals surface area (Å²) in [5.74, 6) is -1.69. The third-order valence-corrected chi connectivity index (χ3v) is 6.30. The molecular formula is C25H28N2O5. The van der Waals surface area contributed by atoms with Crippen LogP contribution in [0.3, 0.4) is 0 Å². The summed E-state index contributed by atoms with van der Waals surface area (Å²) in [7, 11) is 0. The number of carboxylic acid groups (broad SMARTS) is 1. The normalized spacial score (nSPS) is 16.4. The van der Waals surface area contributed by atoms with Crippen LogP contribution in [-0.2, 0) is 14.3 Å². The first-order valence-corrected chi connectivity index (χ1v) is 11.1.